The molecule has 0 radical (unpaired) electrons. The Bertz CT molecular complexity index is 554. The highest BCUT2D eigenvalue weighted by Crippen LogP contribution is 2.23. The molecule has 116 valence electrons. The minimum atomic E-state index is -0.0975. The number of hydrogen-bond acceptors (Lipinski definition) is 5. The summed E-state index contributed by atoms with van der Waals surface area (Å²) >= 11 is 1.45. The van der Waals surface area contributed by atoms with E-state index in [2.05, 4.69) is 15.6 Å². The van der Waals surface area contributed by atoms with Gasteiger partial charge in [0, 0.05) is 23.5 Å². The van der Waals surface area contributed by atoms with E-state index in [4.69, 9.17) is 4.42 Å². The Morgan fingerprint density at radius 2 is 2.33 bits per heavy atom. The van der Waals surface area contributed by atoms with Crippen LogP contribution in [0.2, 0.25) is 0 Å². The fourth-order valence-electron chi connectivity index (χ4n) is 2.13. The maximum atomic E-state index is 12.1. The van der Waals surface area contributed by atoms with Crippen LogP contribution in [-0.4, -0.2) is 30.0 Å². The molecule has 5 nitrogen and oxygen atoms in total. The number of piperidine rings is 1. The summed E-state index contributed by atoms with van der Waals surface area (Å²) in [5.74, 6) is -0.0975. The normalized spacial score (nSPS) is 17.4. The van der Waals surface area contributed by atoms with Crippen molar-refractivity contribution in [2.24, 2.45) is 0 Å². The summed E-state index contributed by atoms with van der Waals surface area (Å²) in [6, 6.07) is 2.05. The van der Waals surface area contributed by atoms with Crippen LogP contribution in [0, 0.1) is 0 Å². The summed E-state index contributed by atoms with van der Waals surface area (Å²) in [6.07, 6.45) is 5.36. The molecule has 0 aromatic carbocycles. The topological polar surface area (TPSA) is 67.2 Å². The van der Waals surface area contributed by atoms with Gasteiger partial charge in [0.1, 0.15) is 17.0 Å². The smallest absolute Gasteiger partial charge is 0.271 e. The summed E-state index contributed by atoms with van der Waals surface area (Å²) in [6.45, 7) is 1.87. The molecule has 1 saturated heterocycles. The first kappa shape index (κ1) is 18.0. The van der Waals surface area contributed by atoms with E-state index < -0.39 is 0 Å². The zero-order valence-corrected chi connectivity index (χ0v) is 13.7. The van der Waals surface area contributed by atoms with Gasteiger partial charge >= 0.3 is 0 Å². The first-order chi connectivity index (χ1) is 9.33. The van der Waals surface area contributed by atoms with E-state index in [0.29, 0.717) is 5.69 Å². The van der Waals surface area contributed by atoms with Crippen LogP contribution in [0.15, 0.2) is 28.4 Å². The van der Waals surface area contributed by atoms with Crippen LogP contribution in [-0.2, 0) is 0 Å². The molecule has 1 atom stereocenters. The van der Waals surface area contributed by atoms with Gasteiger partial charge in [0.15, 0.2) is 0 Å². The van der Waals surface area contributed by atoms with Gasteiger partial charge in [0.05, 0.1) is 6.26 Å². The van der Waals surface area contributed by atoms with Crippen molar-refractivity contribution in [2.75, 3.05) is 13.1 Å². The number of aromatic nitrogens is 1. The van der Waals surface area contributed by atoms with Gasteiger partial charge in [-0.2, -0.15) is 0 Å². The summed E-state index contributed by atoms with van der Waals surface area (Å²) in [5.41, 5.74) is 1.38. The van der Waals surface area contributed by atoms with E-state index in [9.17, 15) is 4.79 Å². The zero-order chi connectivity index (χ0) is 13.1. The lowest BCUT2D eigenvalue weighted by Crippen LogP contribution is -2.45. The maximum Gasteiger partial charge on any atom is 0.271 e. The molecule has 2 aromatic rings. The summed E-state index contributed by atoms with van der Waals surface area (Å²) in [7, 11) is 0. The molecule has 0 aliphatic carbocycles. The largest absolute Gasteiger partial charge is 0.472 e. The van der Waals surface area contributed by atoms with Crippen molar-refractivity contribution in [3.63, 3.8) is 0 Å². The molecule has 3 heterocycles. The summed E-state index contributed by atoms with van der Waals surface area (Å²) < 4.78 is 5.02. The van der Waals surface area contributed by atoms with E-state index in [-0.39, 0.29) is 36.8 Å². The maximum absolute atomic E-state index is 12.1. The second kappa shape index (κ2) is 8.38. The number of halogens is 2. The highest BCUT2D eigenvalue weighted by molar-refractivity contribution is 7.13. The Balaban J connectivity index is 0.00000110. The van der Waals surface area contributed by atoms with Gasteiger partial charge < -0.3 is 15.1 Å². The Labute approximate surface area is 139 Å². The summed E-state index contributed by atoms with van der Waals surface area (Å²) in [4.78, 5) is 16.4. The van der Waals surface area contributed by atoms with E-state index in [1.54, 1.807) is 17.9 Å². The number of thiazole rings is 1. The van der Waals surface area contributed by atoms with Crippen LogP contribution >= 0.6 is 36.2 Å². The molecule has 1 amide bonds. The van der Waals surface area contributed by atoms with E-state index in [1.165, 1.54) is 11.3 Å². The average Bonchev–Trinajstić information content (AvgIpc) is 3.11. The quantitative estimate of drug-likeness (QED) is 0.893. The molecular weight excluding hydrogens is 333 g/mol. The molecule has 0 bridgehead atoms. The zero-order valence-electron chi connectivity index (χ0n) is 11.2. The van der Waals surface area contributed by atoms with Crippen molar-refractivity contribution in [3.8, 4) is 10.6 Å². The van der Waals surface area contributed by atoms with Crippen LogP contribution in [0.3, 0.4) is 0 Å². The minimum absolute atomic E-state index is 0. The van der Waals surface area contributed by atoms with Gasteiger partial charge in [-0.15, -0.1) is 36.2 Å². The fourth-order valence-corrected chi connectivity index (χ4v) is 2.92. The van der Waals surface area contributed by atoms with Crippen LogP contribution in [0.25, 0.3) is 10.6 Å². The van der Waals surface area contributed by atoms with Crippen molar-refractivity contribution in [1.82, 2.24) is 15.6 Å². The third kappa shape index (κ3) is 4.44. The third-order valence-electron chi connectivity index (χ3n) is 3.14. The second-order valence-corrected chi connectivity index (χ2v) is 5.42. The lowest BCUT2D eigenvalue weighted by molar-refractivity contribution is 0.0926. The number of furan rings is 1. The lowest BCUT2D eigenvalue weighted by Gasteiger charge is -2.23. The number of carbonyl (C=O) groups is 1. The highest BCUT2D eigenvalue weighted by Gasteiger charge is 2.18. The second-order valence-electron chi connectivity index (χ2n) is 4.57. The van der Waals surface area contributed by atoms with Gasteiger partial charge in [-0.25, -0.2) is 4.98 Å². The molecule has 1 aliphatic rings. The first-order valence-corrected chi connectivity index (χ1v) is 7.20. The molecule has 8 heteroatoms. The molecule has 2 N–H and O–H groups in total. The molecule has 1 aliphatic heterocycles. The first-order valence-electron chi connectivity index (χ1n) is 6.32. The Morgan fingerprint density at radius 1 is 1.48 bits per heavy atom. The fraction of sp³-hybridized carbons (Fsp3) is 0.385. The minimum Gasteiger partial charge on any atom is -0.472 e. The van der Waals surface area contributed by atoms with E-state index in [1.807, 2.05) is 6.07 Å². The molecule has 1 fully saturated rings. The van der Waals surface area contributed by atoms with Crippen LogP contribution < -0.4 is 10.6 Å². The van der Waals surface area contributed by atoms with Crippen molar-refractivity contribution < 1.29 is 9.21 Å². The molecular formula is C13H17Cl2N3O2S. The van der Waals surface area contributed by atoms with Gasteiger partial charge in [0.2, 0.25) is 0 Å². The van der Waals surface area contributed by atoms with Gasteiger partial charge in [-0.3, -0.25) is 4.79 Å². The number of nitrogens with one attached hydrogen (secondary N) is 2. The molecule has 3 rings (SSSR count). The standard InChI is InChI=1S/C13H15N3O2S.2ClH/c17-12(15-10-2-1-4-14-6-10)11-8-19-13(16-11)9-3-5-18-7-9;;/h3,5,7-8,10,14H,1-2,4,6H2,(H,15,17);2*1H/t10-;;/m0../s1. The van der Waals surface area contributed by atoms with Crippen LogP contribution in [0.4, 0.5) is 0 Å². The molecule has 0 unspecified atom stereocenters. The van der Waals surface area contributed by atoms with Crippen molar-refractivity contribution in [3.05, 3.63) is 29.7 Å². The SMILES string of the molecule is Cl.Cl.O=C(N[C@H]1CCCNC1)c1csc(-c2ccoc2)n1. The third-order valence-corrected chi connectivity index (χ3v) is 4.03. The average molecular weight is 350 g/mol. The number of nitrogens with zero attached hydrogens (tertiary/aromatic N) is 1. The predicted octanol–water partition coefficient (Wildman–Crippen LogP) is 2.73. The Kier molecular flexibility index (Phi) is 7.17. The number of rotatable bonds is 3. The van der Waals surface area contributed by atoms with E-state index in [0.717, 1.165) is 36.5 Å². The number of carbonyl (C=O) groups excluding carboxylic acids is 1. The summed E-state index contributed by atoms with van der Waals surface area (Å²) in [5, 5.41) is 8.88. The van der Waals surface area contributed by atoms with Crippen molar-refractivity contribution >= 4 is 42.1 Å². The van der Waals surface area contributed by atoms with Crippen molar-refractivity contribution in [2.45, 2.75) is 18.9 Å². The molecule has 2 aromatic heterocycles. The number of hydrogen-bond donors (Lipinski definition) is 2. The Morgan fingerprint density at radius 3 is 3.00 bits per heavy atom. The highest BCUT2D eigenvalue weighted by atomic mass is 35.5. The van der Waals surface area contributed by atoms with Gasteiger partial charge in [-0.1, -0.05) is 0 Å². The van der Waals surface area contributed by atoms with Gasteiger partial charge in [-0.05, 0) is 25.5 Å². The number of amides is 1. The molecule has 21 heavy (non-hydrogen) atoms. The van der Waals surface area contributed by atoms with E-state index >= 15 is 0 Å². The molecule has 0 saturated carbocycles. The lowest BCUT2D eigenvalue weighted by atomic mass is 10.1. The van der Waals surface area contributed by atoms with Crippen molar-refractivity contribution in [1.29, 1.82) is 0 Å². The van der Waals surface area contributed by atoms with Crippen LogP contribution in [0.1, 0.15) is 23.3 Å². The Hall–Kier alpha value is -1.08. The van der Waals surface area contributed by atoms with Gasteiger partial charge in [0.25, 0.3) is 5.91 Å². The molecule has 0 spiro atoms. The monoisotopic (exact) mass is 349 g/mol. The predicted molar refractivity (Wildman–Crippen MR) is 87.7 cm³/mol. The van der Waals surface area contributed by atoms with Crippen LogP contribution in [0.5, 0.6) is 0 Å².